The van der Waals surface area contributed by atoms with Gasteiger partial charge in [0.2, 0.25) is 0 Å². The van der Waals surface area contributed by atoms with Crippen LogP contribution in [0.1, 0.15) is 40.5 Å². The molecule has 0 aliphatic heterocycles. The summed E-state index contributed by atoms with van der Waals surface area (Å²) in [5.74, 6) is 3.09. The minimum Gasteiger partial charge on any atom is -0.464 e. The van der Waals surface area contributed by atoms with Gasteiger partial charge in [0, 0.05) is 11.6 Å². The van der Waals surface area contributed by atoms with Crippen LogP contribution in [0.5, 0.6) is 0 Å². The minimum absolute atomic E-state index is 0.0139. The molecule has 1 aliphatic carbocycles. The summed E-state index contributed by atoms with van der Waals surface area (Å²) in [6.45, 7) is 4.27. The van der Waals surface area contributed by atoms with Gasteiger partial charge in [0.1, 0.15) is 23.0 Å². The largest absolute Gasteiger partial charge is 0.464 e. The van der Waals surface area contributed by atoms with Crippen molar-refractivity contribution in [2.24, 2.45) is 0 Å². The van der Waals surface area contributed by atoms with Crippen LogP contribution < -0.4 is 0 Å². The van der Waals surface area contributed by atoms with Gasteiger partial charge in [0.25, 0.3) is 5.91 Å². The molecule has 4 rings (SSSR count). The monoisotopic (exact) mass is 335 g/mol. The number of aryl methyl sites for hydroxylation is 2. The SMILES string of the molecule is Cc1ccc(CN(C(=O)c2cc(-c3ccccc3)oc2C)C2CC2)o1. The van der Waals surface area contributed by atoms with Crippen LogP contribution in [-0.4, -0.2) is 16.8 Å². The summed E-state index contributed by atoms with van der Waals surface area (Å²) in [6, 6.07) is 15.9. The third-order valence-electron chi connectivity index (χ3n) is 4.58. The fourth-order valence-electron chi connectivity index (χ4n) is 3.08. The Morgan fingerprint density at radius 2 is 1.84 bits per heavy atom. The summed E-state index contributed by atoms with van der Waals surface area (Å²) in [5.41, 5.74) is 1.61. The lowest BCUT2D eigenvalue weighted by Crippen LogP contribution is -2.32. The lowest BCUT2D eigenvalue weighted by atomic mass is 10.1. The third-order valence-corrected chi connectivity index (χ3v) is 4.58. The zero-order valence-corrected chi connectivity index (χ0v) is 14.5. The molecule has 4 nitrogen and oxygen atoms in total. The highest BCUT2D eigenvalue weighted by Gasteiger charge is 2.35. The van der Waals surface area contributed by atoms with E-state index < -0.39 is 0 Å². The molecule has 1 saturated carbocycles. The van der Waals surface area contributed by atoms with Gasteiger partial charge in [0.05, 0.1) is 12.1 Å². The van der Waals surface area contributed by atoms with Gasteiger partial charge in [-0.3, -0.25) is 4.79 Å². The fourth-order valence-corrected chi connectivity index (χ4v) is 3.08. The van der Waals surface area contributed by atoms with Crippen LogP contribution in [0, 0.1) is 13.8 Å². The molecular formula is C21H21NO3. The van der Waals surface area contributed by atoms with Gasteiger partial charge < -0.3 is 13.7 Å². The van der Waals surface area contributed by atoms with Crippen LogP contribution in [0.15, 0.2) is 57.4 Å². The van der Waals surface area contributed by atoms with Gasteiger partial charge in [-0.1, -0.05) is 30.3 Å². The third kappa shape index (κ3) is 3.25. The second-order valence-electron chi connectivity index (χ2n) is 6.62. The van der Waals surface area contributed by atoms with Gasteiger partial charge in [-0.2, -0.15) is 0 Å². The van der Waals surface area contributed by atoms with E-state index in [9.17, 15) is 4.79 Å². The summed E-state index contributed by atoms with van der Waals surface area (Å²) >= 11 is 0. The van der Waals surface area contributed by atoms with E-state index in [2.05, 4.69) is 0 Å². The quantitative estimate of drug-likeness (QED) is 0.662. The summed E-state index contributed by atoms with van der Waals surface area (Å²) in [4.78, 5) is 15.0. The Balaban J connectivity index is 1.61. The van der Waals surface area contributed by atoms with Crippen LogP contribution in [0.25, 0.3) is 11.3 Å². The molecule has 0 saturated heterocycles. The number of nitrogens with zero attached hydrogens (tertiary/aromatic N) is 1. The minimum atomic E-state index is 0.0139. The van der Waals surface area contributed by atoms with Crippen molar-refractivity contribution in [3.8, 4) is 11.3 Å². The first-order valence-electron chi connectivity index (χ1n) is 8.64. The Hall–Kier alpha value is -2.75. The summed E-state index contributed by atoms with van der Waals surface area (Å²) in [5, 5.41) is 0. The summed E-state index contributed by atoms with van der Waals surface area (Å²) < 4.78 is 11.5. The van der Waals surface area contributed by atoms with Crippen LogP contribution in [0.3, 0.4) is 0 Å². The average Bonchev–Trinajstić information content (AvgIpc) is 3.26. The Bertz CT molecular complexity index is 887. The standard InChI is InChI=1S/C21H21NO3/c1-14-8-11-18(24-14)13-22(17-9-10-17)21(23)19-12-20(25-15(19)2)16-6-4-3-5-7-16/h3-8,11-12,17H,9-10,13H2,1-2H3. The summed E-state index contributed by atoms with van der Waals surface area (Å²) in [7, 11) is 0. The van der Waals surface area contributed by atoms with Crippen LogP contribution in [0.2, 0.25) is 0 Å². The maximum absolute atomic E-state index is 13.1. The number of hydrogen-bond donors (Lipinski definition) is 0. The highest BCUT2D eigenvalue weighted by Crippen LogP contribution is 2.32. The van der Waals surface area contributed by atoms with E-state index in [0.29, 0.717) is 23.9 Å². The number of benzene rings is 1. The molecule has 1 aliphatic rings. The van der Waals surface area contributed by atoms with Crippen molar-refractivity contribution in [3.63, 3.8) is 0 Å². The second-order valence-corrected chi connectivity index (χ2v) is 6.62. The zero-order chi connectivity index (χ0) is 17.4. The first-order valence-corrected chi connectivity index (χ1v) is 8.64. The predicted octanol–water partition coefficient (Wildman–Crippen LogP) is 4.96. The van der Waals surface area contributed by atoms with Gasteiger partial charge in [0.15, 0.2) is 0 Å². The lowest BCUT2D eigenvalue weighted by Gasteiger charge is -2.21. The number of rotatable bonds is 5. The molecule has 2 heterocycles. The molecule has 0 radical (unpaired) electrons. The molecule has 128 valence electrons. The van der Waals surface area contributed by atoms with E-state index in [0.717, 1.165) is 35.7 Å². The van der Waals surface area contributed by atoms with Crippen molar-refractivity contribution >= 4 is 5.91 Å². The molecule has 3 aromatic rings. The molecule has 25 heavy (non-hydrogen) atoms. The van der Waals surface area contributed by atoms with Crippen molar-refractivity contribution in [3.05, 3.63) is 71.4 Å². The molecule has 0 N–H and O–H groups in total. The normalized spacial score (nSPS) is 13.8. The van der Waals surface area contributed by atoms with Gasteiger partial charge >= 0.3 is 0 Å². The Labute approximate surface area is 147 Å². The Morgan fingerprint density at radius 3 is 2.48 bits per heavy atom. The van der Waals surface area contributed by atoms with Crippen molar-refractivity contribution in [1.82, 2.24) is 4.90 Å². The van der Waals surface area contributed by atoms with E-state index >= 15 is 0 Å². The first-order chi connectivity index (χ1) is 12.1. The maximum atomic E-state index is 13.1. The summed E-state index contributed by atoms with van der Waals surface area (Å²) in [6.07, 6.45) is 2.10. The van der Waals surface area contributed by atoms with E-state index in [1.807, 2.05) is 67.3 Å². The van der Waals surface area contributed by atoms with Crippen molar-refractivity contribution in [1.29, 1.82) is 0 Å². The molecule has 2 aromatic heterocycles. The average molecular weight is 335 g/mol. The molecule has 1 aromatic carbocycles. The van der Waals surface area contributed by atoms with E-state index in [1.165, 1.54) is 0 Å². The first kappa shape index (κ1) is 15.8. The number of amides is 1. The van der Waals surface area contributed by atoms with E-state index in [1.54, 1.807) is 0 Å². The number of hydrogen-bond acceptors (Lipinski definition) is 3. The van der Waals surface area contributed by atoms with Crippen molar-refractivity contribution < 1.29 is 13.6 Å². The molecule has 0 bridgehead atoms. The van der Waals surface area contributed by atoms with Crippen molar-refractivity contribution in [2.45, 2.75) is 39.3 Å². The predicted molar refractivity (Wildman–Crippen MR) is 95.2 cm³/mol. The van der Waals surface area contributed by atoms with Crippen LogP contribution >= 0.6 is 0 Å². The highest BCUT2D eigenvalue weighted by molar-refractivity contribution is 5.96. The van der Waals surface area contributed by atoms with Crippen molar-refractivity contribution in [2.75, 3.05) is 0 Å². The number of furan rings is 2. The topological polar surface area (TPSA) is 46.6 Å². The van der Waals surface area contributed by atoms with Crippen LogP contribution in [-0.2, 0) is 6.54 Å². The van der Waals surface area contributed by atoms with Gasteiger partial charge in [-0.15, -0.1) is 0 Å². The lowest BCUT2D eigenvalue weighted by molar-refractivity contribution is 0.0715. The maximum Gasteiger partial charge on any atom is 0.258 e. The number of carbonyl (C=O) groups excluding carboxylic acids is 1. The molecule has 1 amide bonds. The second kappa shape index (κ2) is 6.28. The molecule has 0 atom stereocenters. The molecule has 4 heteroatoms. The zero-order valence-electron chi connectivity index (χ0n) is 14.5. The molecule has 0 spiro atoms. The fraction of sp³-hybridized carbons (Fsp3) is 0.286. The van der Waals surface area contributed by atoms with E-state index in [4.69, 9.17) is 8.83 Å². The van der Waals surface area contributed by atoms with Crippen LogP contribution in [0.4, 0.5) is 0 Å². The Kier molecular flexibility index (Phi) is 3.96. The molecule has 1 fully saturated rings. The molecular weight excluding hydrogens is 314 g/mol. The molecule has 0 unspecified atom stereocenters. The van der Waals surface area contributed by atoms with Gasteiger partial charge in [-0.25, -0.2) is 0 Å². The van der Waals surface area contributed by atoms with Gasteiger partial charge in [-0.05, 0) is 44.9 Å². The smallest absolute Gasteiger partial charge is 0.258 e. The highest BCUT2D eigenvalue weighted by atomic mass is 16.3. The Morgan fingerprint density at radius 1 is 1.08 bits per heavy atom. The van der Waals surface area contributed by atoms with E-state index in [-0.39, 0.29) is 5.91 Å². The number of carbonyl (C=O) groups is 1.